The van der Waals surface area contributed by atoms with Crippen molar-refractivity contribution in [2.24, 2.45) is 0 Å². The SMILES string of the molecule is CCC(C)(CC)c1ccc(Oc2ccc(C)cc2)cc1. The maximum Gasteiger partial charge on any atom is 0.127 e. The third-order valence-corrected chi connectivity index (χ3v) is 4.37. The molecule has 0 radical (unpaired) electrons. The Bertz CT molecular complexity index is 533. The van der Waals surface area contributed by atoms with Crippen LogP contribution in [0.4, 0.5) is 0 Å². The lowest BCUT2D eigenvalue weighted by Crippen LogP contribution is -2.19. The lowest BCUT2D eigenvalue weighted by Gasteiger charge is -2.27. The maximum absolute atomic E-state index is 5.87. The molecule has 2 aromatic carbocycles. The average molecular weight is 268 g/mol. The van der Waals surface area contributed by atoms with E-state index < -0.39 is 0 Å². The Hall–Kier alpha value is -1.76. The van der Waals surface area contributed by atoms with Crippen molar-refractivity contribution >= 4 is 0 Å². The molecule has 20 heavy (non-hydrogen) atoms. The second-order valence-corrected chi connectivity index (χ2v) is 5.71. The molecule has 2 rings (SSSR count). The summed E-state index contributed by atoms with van der Waals surface area (Å²) in [6.45, 7) is 8.90. The van der Waals surface area contributed by atoms with E-state index in [2.05, 4.69) is 64.1 Å². The molecule has 0 unspecified atom stereocenters. The maximum atomic E-state index is 5.87. The van der Waals surface area contributed by atoms with Gasteiger partial charge >= 0.3 is 0 Å². The molecule has 0 fully saturated rings. The van der Waals surface area contributed by atoms with E-state index in [1.807, 2.05) is 12.1 Å². The summed E-state index contributed by atoms with van der Waals surface area (Å²) in [5.41, 5.74) is 2.90. The van der Waals surface area contributed by atoms with Gasteiger partial charge in [0.05, 0.1) is 0 Å². The van der Waals surface area contributed by atoms with Gasteiger partial charge in [-0.1, -0.05) is 50.6 Å². The van der Waals surface area contributed by atoms with Gasteiger partial charge in [-0.15, -0.1) is 0 Å². The summed E-state index contributed by atoms with van der Waals surface area (Å²) in [6.07, 6.45) is 2.31. The first-order valence-electron chi connectivity index (χ1n) is 7.42. The number of hydrogen-bond acceptors (Lipinski definition) is 1. The first-order valence-corrected chi connectivity index (χ1v) is 7.42. The first kappa shape index (κ1) is 14.6. The van der Waals surface area contributed by atoms with Crippen LogP contribution in [0, 0.1) is 6.92 Å². The molecule has 1 heteroatoms. The third-order valence-electron chi connectivity index (χ3n) is 4.37. The van der Waals surface area contributed by atoms with E-state index in [0.29, 0.717) is 0 Å². The molecule has 0 spiro atoms. The second-order valence-electron chi connectivity index (χ2n) is 5.71. The molecule has 0 saturated heterocycles. The van der Waals surface area contributed by atoms with E-state index in [0.717, 1.165) is 24.3 Å². The van der Waals surface area contributed by atoms with Crippen LogP contribution in [0.2, 0.25) is 0 Å². The summed E-state index contributed by atoms with van der Waals surface area (Å²) in [5, 5.41) is 0. The van der Waals surface area contributed by atoms with Crippen molar-refractivity contribution in [3.05, 3.63) is 59.7 Å². The Morgan fingerprint density at radius 2 is 1.25 bits per heavy atom. The zero-order valence-electron chi connectivity index (χ0n) is 12.9. The molecule has 0 aromatic heterocycles. The topological polar surface area (TPSA) is 9.23 Å². The fourth-order valence-electron chi connectivity index (χ4n) is 2.33. The van der Waals surface area contributed by atoms with Gasteiger partial charge in [0.15, 0.2) is 0 Å². The van der Waals surface area contributed by atoms with Gasteiger partial charge in [0, 0.05) is 0 Å². The van der Waals surface area contributed by atoms with Crippen molar-refractivity contribution in [1.82, 2.24) is 0 Å². The number of hydrogen-bond donors (Lipinski definition) is 0. The molecule has 0 aliphatic rings. The van der Waals surface area contributed by atoms with Gasteiger partial charge in [-0.2, -0.15) is 0 Å². The van der Waals surface area contributed by atoms with Gasteiger partial charge < -0.3 is 4.74 Å². The van der Waals surface area contributed by atoms with Crippen LogP contribution in [0.1, 0.15) is 44.7 Å². The van der Waals surface area contributed by atoms with E-state index in [9.17, 15) is 0 Å². The van der Waals surface area contributed by atoms with Gasteiger partial charge in [-0.3, -0.25) is 0 Å². The smallest absolute Gasteiger partial charge is 0.127 e. The summed E-state index contributed by atoms with van der Waals surface area (Å²) in [5.74, 6) is 1.78. The van der Waals surface area contributed by atoms with Crippen LogP contribution in [0.25, 0.3) is 0 Å². The molecule has 2 aromatic rings. The number of benzene rings is 2. The van der Waals surface area contributed by atoms with E-state index in [-0.39, 0.29) is 5.41 Å². The molecular formula is C19H24O. The molecule has 0 aliphatic carbocycles. The molecule has 0 atom stereocenters. The minimum atomic E-state index is 0.266. The minimum Gasteiger partial charge on any atom is -0.457 e. The summed E-state index contributed by atoms with van der Waals surface area (Å²) in [6, 6.07) is 16.7. The normalized spacial score (nSPS) is 11.4. The van der Waals surface area contributed by atoms with Crippen molar-refractivity contribution in [1.29, 1.82) is 0 Å². The van der Waals surface area contributed by atoms with Gasteiger partial charge in [0.2, 0.25) is 0 Å². The van der Waals surface area contributed by atoms with Gasteiger partial charge in [-0.05, 0) is 55.0 Å². The Labute approximate surface area is 122 Å². The third kappa shape index (κ3) is 3.22. The van der Waals surface area contributed by atoms with Gasteiger partial charge in [0.25, 0.3) is 0 Å². The van der Waals surface area contributed by atoms with Crippen LogP contribution in [0.5, 0.6) is 11.5 Å². The predicted molar refractivity (Wildman–Crippen MR) is 85.6 cm³/mol. The van der Waals surface area contributed by atoms with E-state index in [1.165, 1.54) is 11.1 Å². The lowest BCUT2D eigenvalue weighted by atomic mass is 9.78. The summed E-state index contributed by atoms with van der Waals surface area (Å²) in [4.78, 5) is 0. The molecule has 0 aliphatic heterocycles. The Balaban J connectivity index is 2.14. The minimum absolute atomic E-state index is 0.266. The van der Waals surface area contributed by atoms with Crippen molar-refractivity contribution in [3.63, 3.8) is 0 Å². The predicted octanol–water partition coefficient (Wildman–Crippen LogP) is 5.87. The highest BCUT2D eigenvalue weighted by Crippen LogP contribution is 2.32. The molecule has 1 nitrogen and oxygen atoms in total. The zero-order valence-corrected chi connectivity index (χ0v) is 12.9. The van der Waals surface area contributed by atoms with Crippen LogP contribution in [0.15, 0.2) is 48.5 Å². The van der Waals surface area contributed by atoms with Crippen molar-refractivity contribution < 1.29 is 4.74 Å². The molecule has 0 amide bonds. The van der Waals surface area contributed by atoms with Crippen molar-refractivity contribution in [2.75, 3.05) is 0 Å². The lowest BCUT2D eigenvalue weighted by molar-refractivity contribution is 0.436. The highest BCUT2D eigenvalue weighted by Gasteiger charge is 2.21. The van der Waals surface area contributed by atoms with Crippen molar-refractivity contribution in [3.8, 4) is 11.5 Å². The Morgan fingerprint density at radius 3 is 1.70 bits per heavy atom. The quantitative estimate of drug-likeness (QED) is 0.659. The molecule has 0 saturated carbocycles. The number of aryl methyl sites for hydroxylation is 1. The monoisotopic (exact) mass is 268 g/mol. The fourth-order valence-corrected chi connectivity index (χ4v) is 2.33. The molecule has 106 valence electrons. The molecule has 0 heterocycles. The fraction of sp³-hybridized carbons (Fsp3) is 0.368. The highest BCUT2D eigenvalue weighted by molar-refractivity contribution is 5.36. The van der Waals surface area contributed by atoms with Gasteiger partial charge in [-0.25, -0.2) is 0 Å². The number of rotatable bonds is 5. The summed E-state index contributed by atoms with van der Waals surface area (Å²) < 4.78 is 5.87. The van der Waals surface area contributed by atoms with E-state index >= 15 is 0 Å². The number of ether oxygens (including phenoxy) is 1. The van der Waals surface area contributed by atoms with Crippen LogP contribution in [-0.2, 0) is 5.41 Å². The van der Waals surface area contributed by atoms with Crippen LogP contribution in [-0.4, -0.2) is 0 Å². The zero-order chi connectivity index (χ0) is 14.6. The Kier molecular flexibility index (Phi) is 4.49. The second kappa shape index (κ2) is 6.13. The van der Waals surface area contributed by atoms with Crippen molar-refractivity contribution in [2.45, 2.75) is 46.0 Å². The summed E-state index contributed by atoms with van der Waals surface area (Å²) >= 11 is 0. The van der Waals surface area contributed by atoms with Crippen LogP contribution in [0.3, 0.4) is 0 Å². The first-order chi connectivity index (χ1) is 9.57. The average Bonchev–Trinajstić information content (AvgIpc) is 2.49. The van der Waals surface area contributed by atoms with Gasteiger partial charge in [0.1, 0.15) is 11.5 Å². The molecular weight excluding hydrogens is 244 g/mol. The standard InChI is InChI=1S/C19H24O/c1-5-19(4,6-2)16-9-13-18(14-10-16)20-17-11-7-15(3)8-12-17/h7-14H,5-6H2,1-4H3. The molecule has 0 bridgehead atoms. The van der Waals surface area contributed by atoms with Crippen LogP contribution < -0.4 is 4.74 Å². The highest BCUT2D eigenvalue weighted by atomic mass is 16.5. The largest absolute Gasteiger partial charge is 0.457 e. The van der Waals surface area contributed by atoms with E-state index in [1.54, 1.807) is 0 Å². The van der Waals surface area contributed by atoms with E-state index in [4.69, 9.17) is 4.74 Å². The Morgan fingerprint density at radius 1 is 0.800 bits per heavy atom. The van der Waals surface area contributed by atoms with Crippen LogP contribution >= 0.6 is 0 Å². The summed E-state index contributed by atoms with van der Waals surface area (Å²) in [7, 11) is 0. The molecule has 0 N–H and O–H groups in total.